The largest absolute Gasteiger partial charge is 0.416 e. The normalized spacial score (nSPS) is 21.9. The Balaban J connectivity index is 2.30. The maximum Gasteiger partial charge on any atom is 0.191 e. The van der Waals surface area contributed by atoms with Gasteiger partial charge in [-0.15, -0.1) is 0 Å². The quantitative estimate of drug-likeness (QED) is 0.295. The molecule has 2 aromatic rings. The van der Waals surface area contributed by atoms with E-state index in [0.717, 1.165) is 6.07 Å². The number of halogens is 4. The van der Waals surface area contributed by atoms with Crippen LogP contribution in [0.4, 0.5) is 13.2 Å². The van der Waals surface area contributed by atoms with Gasteiger partial charge in [-0.05, 0) is 61.0 Å². The minimum atomic E-state index is -4.55. The lowest BCUT2D eigenvalue weighted by Gasteiger charge is -2.45. The van der Waals surface area contributed by atoms with Crippen LogP contribution in [0.15, 0.2) is 41.3 Å². The van der Waals surface area contributed by atoms with Crippen molar-refractivity contribution in [1.29, 1.82) is 0 Å². The van der Waals surface area contributed by atoms with E-state index < -0.39 is 58.3 Å². The van der Waals surface area contributed by atoms with Gasteiger partial charge >= 0.3 is 0 Å². The summed E-state index contributed by atoms with van der Waals surface area (Å²) in [7, 11) is -7.00. The highest BCUT2D eigenvalue weighted by Gasteiger charge is 2.58. The van der Waals surface area contributed by atoms with Gasteiger partial charge in [0.25, 0.3) is 0 Å². The fourth-order valence-electron chi connectivity index (χ4n) is 4.35. The lowest BCUT2D eigenvalue weighted by atomic mass is 9.74. The van der Waals surface area contributed by atoms with E-state index in [1.165, 1.54) is 24.3 Å². The van der Waals surface area contributed by atoms with Crippen molar-refractivity contribution in [2.45, 2.75) is 67.8 Å². The fraction of sp³-hybridized carbons (Fsp3) is 0.480. The van der Waals surface area contributed by atoms with Gasteiger partial charge in [0.2, 0.25) is 0 Å². The third-order valence-electron chi connectivity index (χ3n) is 7.43. The van der Waals surface area contributed by atoms with E-state index in [-0.39, 0.29) is 40.2 Å². The van der Waals surface area contributed by atoms with Gasteiger partial charge in [-0.25, -0.2) is 21.6 Å². The van der Waals surface area contributed by atoms with Crippen molar-refractivity contribution in [2.24, 2.45) is 5.92 Å². The summed E-state index contributed by atoms with van der Waals surface area (Å²) in [4.78, 5) is 12.3. The first-order valence-electron chi connectivity index (χ1n) is 11.3. The first kappa shape index (κ1) is 27.9. The second-order valence-electron chi connectivity index (χ2n) is 10.6. The van der Waals surface area contributed by atoms with Crippen molar-refractivity contribution in [1.82, 2.24) is 0 Å². The molecule has 1 aliphatic carbocycles. The van der Waals surface area contributed by atoms with E-state index >= 15 is 8.78 Å². The van der Waals surface area contributed by atoms with Crippen molar-refractivity contribution < 1.29 is 30.8 Å². The summed E-state index contributed by atoms with van der Waals surface area (Å²) in [6.07, 6.45) is -0.894. The number of carbonyl (C=O) groups excluding carboxylic acids is 1. The SMILES string of the molecule is CC(C)(C)[Si](C)(C)OC[C@@H]1CC(=O)CC[C@]1(c1c(F)ccc(F)c1F)S(=O)(=O)c1ccc(Cl)cc1. The molecule has 1 fully saturated rings. The summed E-state index contributed by atoms with van der Waals surface area (Å²) in [5.74, 6) is -5.51. The lowest BCUT2D eigenvalue weighted by molar-refractivity contribution is -0.122. The third kappa shape index (κ3) is 4.97. The highest BCUT2D eigenvalue weighted by atomic mass is 35.5. The minimum Gasteiger partial charge on any atom is -0.416 e. The molecule has 3 rings (SSSR count). The Labute approximate surface area is 210 Å². The molecule has 0 amide bonds. The van der Waals surface area contributed by atoms with Gasteiger partial charge in [0.15, 0.2) is 29.8 Å². The maximum absolute atomic E-state index is 15.3. The van der Waals surface area contributed by atoms with Crippen LogP contribution in [0.25, 0.3) is 0 Å². The topological polar surface area (TPSA) is 60.4 Å². The Morgan fingerprint density at radius 1 is 1.06 bits per heavy atom. The molecule has 192 valence electrons. The molecule has 0 saturated heterocycles. The highest BCUT2D eigenvalue weighted by molar-refractivity contribution is 7.92. The van der Waals surface area contributed by atoms with E-state index in [0.29, 0.717) is 6.07 Å². The van der Waals surface area contributed by atoms with Crippen molar-refractivity contribution in [3.63, 3.8) is 0 Å². The van der Waals surface area contributed by atoms with Gasteiger partial charge in [-0.1, -0.05) is 32.4 Å². The number of rotatable bonds is 6. The maximum atomic E-state index is 15.3. The Hall–Kier alpha value is -1.68. The van der Waals surface area contributed by atoms with Crippen LogP contribution < -0.4 is 0 Å². The molecule has 0 aliphatic heterocycles. The first-order valence-corrected chi connectivity index (χ1v) is 16.1. The number of ketones is 1. The molecule has 0 heterocycles. The lowest BCUT2D eigenvalue weighted by Crippen LogP contribution is -2.52. The van der Waals surface area contributed by atoms with Crippen LogP contribution in [-0.2, 0) is 23.8 Å². The predicted octanol–water partition coefficient (Wildman–Crippen LogP) is 6.82. The summed E-state index contributed by atoms with van der Waals surface area (Å²) in [6, 6.07) is 6.54. The molecule has 1 saturated carbocycles. The number of hydrogen-bond donors (Lipinski definition) is 0. The second-order valence-corrected chi connectivity index (χ2v) is 18.0. The molecule has 2 aromatic carbocycles. The minimum absolute atomic E-state index is 0.218. The van der Waals surface area contributed by atoms with Crippen molar-refractivity contribution in [2.75, 3.05) is 6.61 Å². The van der Waals surface area contributed by atoms with Gasteiger partial charge in [0, 0.05) is 36.0 Å². The van der Waals surface area contributed by atoms with Crippen LogP contribution in [0.2, 0.25) is 23.2 Å². The summed E-state index contributed by atoms with van der Waals surface area (Å²) in [5, 5.41) is 0.0383. The van der Waals surface area contributed by atoms with Crippen LogP contribution in [0.5, 0.6) is 0 Å². The zero-order chi connectivity index (χ0) is 26.4. The van der Waals surface area contributed by atoms with Gasteiger partial charge in [-0.2, -0.15) is 0 Å². The average molecular weight is 547 g/mol. The highest BCUT2D eigenvalue weighted by Crippen LogP contribution is 2.52. The van der Waals surface area contributed by atoms with Gasteiger partial charge in [-0.3, -0.25) is 4.79 Å². The molecular weight excluding hydrogens is 517 g/mol. The van der Waals surface area contributed by atoms with Crippen LogP contribution >= 0.6 is 11.6 Å². The zero-order valence-electron chi connectivity index (χ0n) is 20.4. The number of Topliss-reactive ketones (excluding diaryl/α,β-unsaturated/α-hetero) is 1. The average Bonchev–Trinajstić information content (AvgIpc) is 2.75. The Kier molecular flexibility index (Phi) is 7.69. The summed E-state index contributed by atoms with van der Waals surface area (Å²) in [5.41, 5.74) is -0.885. The van der Waals surface area contributed by atoms with Crippen molar-refractivity contribution >= 4 is 35.5 Å². The zero-order valence-corrected chi connectivity index (χ0v) is 23.0. The van der Waals surface area contributed by atoms with E-state index in [4.69, 9.17) is 16.0 Å². The molecule has 0 aromatic heterocycles. The number of hydrogen-bond acceptors (Lipinski definition) is 4. The smallest absolute Gasteiger partial charge is 0.191 e. The summed E-state index contributed by atoms with van der Waals surface area (Å²) in [6.45, 7) is 9.68. The Morgan fingerprint density at radius 3 is 2.20 bits per heavy atom. The van der Waals surface area contributed by atoms with Gasteiger partial charge in [0.1, 0.15) is 16.3 Å². The molecule has 1 aliphatic rings. The Bertz CT molecular complexity index is 1230. The van der Waals surface area contributed by atoms with Crippen molar-refractivity contribution in [3.05, 3.63) is 64.4 Å². The number of sulfone groups is 1. The van der Waals surface area contributed by atoms with E-state index in [2.05, 4.69) is 0 Å². The van der Waals surface area contributed by atoms with Crippen LogP contribution in [0.3, 0.4) is 0 Å². The Morgan fingerprint density at radius 2 is 1.63 bits per heavy atom. The van der Waals surface area contributed by atoms with Gasteiger partial charge < -0.3 is 4.43 Å². The molecule has 0 unspecified atom stereocenters. The van der Waals surface area contributed by atoms with Gasteiger partial charge in [0.05, 0.1) is 4.90 Å². The second kappa shape index (κ2) is 9.65. The van der Waals surface area contributed by atoms with Crippen LogP contribution in [0, 0.1) is 23.4 Å². The molecule has 0 N–H and O–H groups in total. The summed E-state index contributed by atoms with van der Waals surface area (Å²) >= 11 is 5.94. The third-order valence-corrected chi connectivity index (χ3v) is 14.8. The fourth-order valence-corrected chi connectivity index (χ4v) is 7.85. The molecule has 0 bridgehead atoms. The molecule has 10 heteroatoms. The standard InChI is InChI=1S/C25H30ClF3O4SSi/c1-24(2,3)35(4,5)33-15-16-14-18(30)12-13-25(16,22-20(27)10-11-21(28)23(22)29)34(31,32)19-8-6-17(26)7-9-19/h6-11,16H,12-15H2,1-5H3/t16-,25-/m0/s1. The van der Waals surface area contributed by atoms with E-state index in [9.17, 15) is 17.6 Å². The summed E-state index contributed by atoms with van der Waals surface area (Å²) < 4.78 is 77.5. The molecule has 4 nitrogen and oxygen atoms in total. The first-order chi connectivity index (χ1) is 16.0. The van der Waals surface area contributed by atoms with Crippen LogP contribution in [0.1, 0.15) is 45.6 Å². The molecule has 2 atom stereocenters. The molecule has 0 radical (unpaired) electrons. The predicted molar refractivity (Wildman–Crippen MR) is 132 cm³/mol. The monoisotopic (exact) mass is 546 g/mol. The van der Waals surface area contributed by atoms with E-state index in [1.54, 1.807) is 0 Å². The van der Waals surface area contributed by atoms with Crippen LogP contribution in [-0.4, -0.2) is 29.1 Å². The van der Waals surface area contributed by atoms with Crippen molar-refractivity contribution in [3.8, 4) is 0 Å². The number of carbonyl (C=O) groups is 1. The molecule has 35 heavy (non-hydrogen) atoms. The number of benzene rings is 2. The van der Waals surface area contributed by atoms with E-state index in [1.807, 2.05) is 33.9 Å². The molecule has 0 spiro atoms. The molecular formula is C25H30ClF3O4SSi.